The molecule has 0 bridgehead atoms. The highest BCUT2D eigenvalue weighted by atomic mass is 19.4. The summed E-state index contributed by atoms with van der Waals surface area (Å²) in [5.74, 6) is -1.21. The summed E-state index contributed by atoms with van der Waals surface area (Å²) < 4.78 is 36.3. The van der Waals surface area contributed by atoms with Gasteiger partial charge in [-0.25, -0.2) is 9.98 Å². The normalized spacial score (nSPS) is 15.9. The van der Waals surface area contributed by atoms with Crippen LogP contribution in [-0.2, 0) is 0 Å². The van der Waals surface area contributed by atoms with Gasteiger partial charge in [0.05, 0.1) is 0 Å². The molecule has 0 aliphatic rings. The topological polar surface area (TPSA) is 50.7 Å². The highest BCUT2D eigenvalue weighted by Gasteiger charge is 2.35. The van der Waals surface area contributed by atoms with Gasteiger partial charge in [0, 0.05) is 18.5 Å². The Morgan fingerprint density at radius 2 is 2.14 bits per heavy atom. The maximum atomic E-state index is 12.1. The molecule has 6 heteroatoms. The molecular formula is C8H12F3N3. The molecule has 0 aliphatic carbocycles. The minimum absolute atomic E-state index is 0.225. The van der Waals surface area contributed by atoms with E-state index in [0.717, 1.165) is 12.4 Å². The first-order valence-electron chi connectivity index (χ1n) is 3.92. The molecule has 0 fully saturated rings. The zero-order chi connectivity index (χ0) is 11.2. The van der Waals surface area contributed by atoms with E-state index in [4.69, 9.17) is 5.73 Å². The molecule has 0 aliphatic heterocycles. The van der Waals surface area contributed by atoms with Crippen LogP contribution in [0.15, 0.2) is 22.8 Å². The number of amidine groups is 1. The van der Waals surface area contributed by atoms with Crippen LogP contribution in [0.3, 0.4) is 0 Å². The van der Waals surface area contributed by atoms with Gasteiger partial charge in [-0.15, -0.1) is 0 Å². The molecule has 0 saturated heterocycles. The van der Waals surface area contributed by atoms with Gasteiger partial charge in [-0.1, -0.05) is 6.58 Å². The van der Waals surface area contributed by atoms with E-state index in [1.165, 1.54) is 0 Å². The van der Waals surface area contributed by atoms with Crippen LogP contribution in [-0.4, -0.2) is 24.3 Å². The van der Waals surface area contributed by atoms with Gasteiger partial charge in [-0.05, 0) is 13.3 Å². The molecule has 0 aromatic heterocycles. The molecule has 0 rings (SSSR count). The van der Waals surface area contributed by atoms with Crippen molar-refractivity contribution < 1.29 is 13.2 Å². The average Bonchev–Trinajstić information content (AvgIpc) is 2.00. The van der Waals surface area contributed by atoms with Crippen molar-refractivity contribution >= 4 is 12.1 Å². The summed E-state index contributed by atoms with van der Waals surface area (Å²) in [6.07, 6.45) is -2.39. The van der Waals surface area contributed by atoms with Crippen LogP contribution >= 0.6 is 0 Å². The molecule has 0 spiro atoms. The quantitative estimate of drug-likeness (QED) is 0.557. The maximum absolute atomic E-state index is 12.1. The predicted octanol–water partition coefficient (Wildman–Crippen LogP) is 1.90. The Bertz CT molecular complexity index is 241. The van der Waals surface area contributed by atoms with Crippen molar-refractivity contribution in [1.29, 1.82) is 0 Å². The first-order valence-corrected chi connectivity index (χ1v) is 3.92. The summed E-state index contributed by atoms with van der Waals surface area (Å²) in [6, 6.07) is -0.225. The molecule has 1 atom stereocenters. The number of rotatable bonds is 3. The van der Waals surface area contributed by atoms with Crippen molar-refractivity contribution in [1.82, 2.24) is 0 Å². The molecule has 2 N–H and O–H groups in total. The molecule has 0 amide bonds. The van der Waals surface area contributed by atoms with Crippen LogP contribution in [0.2, 0.25) is 0 Å². The second-order valence-electron chi connectivity index (χ2n) is 2.66. The van der Waals surface area contributed by atoms with Crippen molar-refractivity contribution in [3.63, 3.8) is 0 Å². The summed E-state index contributed by atoms with van der Waals surface area (Å²) in [7, 11) is 0. The van der Waals surface area contributed by atoms with E-state index in [1.807, 2.05) is 0 Å². The predicted molar refractivity (Wildman–Crippen MR) is 50.4 cm³/mol. The first-order chi connectivity index (χ1) is 6.38. The number of aliphatic imine (C=N–C) groups is 2. The highest BCUT2D eigenvalue weighted by Crippen LogP contribution is 2.18. The maximum Gasteiger partial charge on any atom is 0.451 e. The van der Waals surface area contributed by atoms with E-state index in [1.54, 1.807) is 6.92 Å². The molecule has 0 aromatic rings. The molecule has 0 unspecified atom stereocenters. The van der Waals surface area contributed by atoms with E-state index in [2.05, 4.69) is 16.6 Å². The Balaban J connectivity index is 4.48. The Morgan fingerprint density at radius 3 is 2.50 bits per heavy atom. The van der Waals surface area contributed by atoms with Crippen molar-refractivity contribution in [2.45, 2.75) is 25.6 Å². The van der Waals surface area contributed by atoms with Gasteiger partial charge in [0.1, 0.15) is 0 Å². The van der Waals surface area contributed by atoms with E-state index in [-0.39, 0.29) is 12.5 Å². The fraction of sp³-hybridized carbons (Fsp3) is 0.500. The van der Waals surface area contributed by atoms with Gasteiger partial charge in [0.2, 0.25) is 5.84 Å². The third-order valence-corrected chi connectivity index (χ3v) is 1.16. The van der Waals surface area contributed by atoms with Crippen LogP contribution in [0.25, 0.3) is 0 Å². The monoisotopic (exact) mass is 207 g/mol. The van der Waals surface area contributed by atoms with Gasteiger partial charge in [-0.2, -0.15) is 13.2 Å². The lowest BCUT2D eigenvalue weighted by Gasteiger charge is -2.04. The summed E-state index contributed by atoms with van der Waals surface area (Å²) >= 11 is 0. The number of nitrogens with zero attached hydrogens (tertiary/aromatic N) is 2. The molecule has 0 aromatic carbocycles. The van der Waals surface area contributed by atoms with E-state index < -0.39 is 12.0 Å². The summed E-state index contributed by atoms with van der Waals surface area (Å²) in [5.41, 5.74) is 5.33. The minimum atomic E-state index is -4.55. The van der Waals surface area contributed by atoms with Crippen LogP contribution in [0.4, 0.5) is 13.2 Å². The Kier molecular flexibility index (Phi) is 5.07. The van der Waals surface area contributed by atoms with Crippen molar-refractivity contribution in [2.24, 2.45) is 15.7 Å². The van der Waals surface area contributed by atoms with Crippen molar-refractivity contribution in [2.75, 3.05) is 0 Å². The lowest BCUT2D eigenvalue weighted by atomic mass is 10.3. The Morgan fingerprint density at radius 1 is 1.57 bits per heavy atom. The SMILES string of the molecule is C=CN=C(N=CC[C@@H](C)N)C(F)(F)F. The second-order valence-corrected chi connectivity index (χ2v) is 2.66. The van der Waals surface area contributed by atoms with Crippen molar-refractivity contribution in [3.05, 3.63) is 12.8 Å². The third-order valence-electron chi connectivity index (χ3n) is 1.16. The minimum Gasteiger partial charge on any atom is -0.328 e. The van der Waals surface area contributed by atoms with Crippen LogP contribution < -0.4 is 5.73 Å². The van der Waals surface area contributed by atoms with Gasteiger partial charge >= 0.3 is 6.18 Å². The zero-order valence-corrected chi connectivity index (χ0v) is 7.75. The van der Waals surface area contributed by atoms with Gasteiger partial charge in [-0.3, -0.25) is 0 Å². The van der Waals surface area contributed by atoms with E-state index >= 15 is 0 Å². The summed E-state index contributed by atoms with van der Waals surface area (Å²) in [5, 5.41) is 0. The summed E-state index contributed by atoms with van der Waals surface area (Å²) in [4.78, 5) is 6.18. The fourth-order valence-corrected chi connectivity index (χ4v) is 0.572. The van der Waals surface area contributed by atoms with Crippen LogP contribution in [0.1, 0.15) is 13.3 Å². The van der Waals surface area contributed by atoms with Gasteiger partial charge in [0.15, 0.2) is 0 Å². The number of hydrogen-bond acceptors (Lipinski definition) is 2. The van der Waals surface area contributed by atoms with Crippen LogP contribution in [0.5, 0.6) is 0 Å². The van der Waals surface area contributed by atoms with Gasteiger partial charge in [0.25, 0.3) is 0 Å². The fourth-order valence-electron chi connectivity index (χ4n) is 0.572. The zero-order valence-electron chi connectivity index (χ0n) is 7.75. The first kappa shape index (κ1) is 12.8. The van der Waals surface area contributed by atoms with Crippen LogP contribution in [0, 0.1) is 0 Å². The lowest BCUT2D eigenvalue weighted by molar-refractivity contribution is -0.0596. The lowest BCUT2D eigenvalue weighted by Crippen LogP contribution is -2.21. The smallest absolute Gasteiger partial charge is 0.328 e. The number of nitrogens with two attached hydrogens (primary N) is 1. The molecule has 0 radical (unpaired) electrons. The second kappa shape index (κ2) is 5.54. The third kappa shape index (κ3) is 5.47. The molecule has 0 heterocycles. The average molecular weight is 207 g/mol. The number of alkyl halides is 3. The number of halogens is 3. The Hall–Kier alpha value is -1.17. The molecule has 0 saturated carbocycles. The van der Waals surface area contributed by atoms with E-state index in [0.29, 0.717) is 0 Å². The molecule has 3 nitrogen and oxygen atoms in total. The van der Waals surface area contributed by atoms with E-state index in [9.17, 15) is 13.2 Å². The standard InChI is InChI=1S/C8H12F3N3/c1-3-13-7(8(9,10)11)14-5-4-6(2)12/h3,5-6H,1,4,12H2,2H3/t6-/m1/s1. The molecular weight excluding hydrogens is 195 g/mol. The number of hydrogen-bond donors (Lipinski definition) is 1. The molecule has 80 valence electrons. The van der Waals surface area contributed by atoms with Gasteiger partial charge < -0.3 is 5.73 Å². The Labute approximate surface area is 80.2 Å². The largest absolute Gasteiger partial charge is 0.451 e. The summed E-state index contributed by atoms with van der Waals surface area (Å²) in [6.45, 7) is 4.74. The van der Waals surface area contributed by atoms with Crippen molar-refractivity contribution in [3.8, 4) is 0 Å². The molecule has 14 heavy (non-hydrogen) atoms. The highest BCUT2D eigenvalue weighted by molar-refractivity contribution is 5.94.